The summed E-state index contributed by atoms with van der Waals surface area (Å²) in [6.45, 7) is 0. The number of aliphatic carboxylic acids is 1. The standard InChI is InChI=1S/C11H15NO3/c1-12(2)9-6-4-3-5-8(9)10(13)7-11(14)15/h3-6,10,13H,7H2,1-2H3,(H,14,15)/t10-/m1/s1. The Morgan fingerprint density at radius 1 is 1.40 bits per heavy atom. The Kier molecular flexibility index (Phi) is 3.68. The molecule has 0 amide bonds. The van der Waals surface area contributed by atoms with Crippen LogP contribution in [0.15, 0.2) is 24.3 Å². The van der Waals surface area contributed by atoms with E-state index in [4.69, 9.17) is 5.11 Å². The molecule has 2 N–H and O–H groups in total. The molecule has 1 atom stereocenters. The number of hydrogen-bond donors (Lipinski definition) is 2. The molecule has 1 aromatic carbocycles. The van der Waals surface area contributed by atoms with Gasteiger partial charge in [0, 0.05) is 25.3 Å². The normalized spacial score (nSPS) is 12.2. The summed E-state index contributed by atoms with van der Waals surface area (Å²) in [5, 5.41) is 18.3. The molecule has 0 radical (unpaired) electrons. The van der Waals surface area contributed by atoms with E-state index in [9.17, 15) is 9.90 Å². The number of anilines is 1. The van der Waals surface area contributed by atoms with Crippen LogP contribution < -0.4 is 4.90 Å². The molecule has 4 nitrogen and oxygen atoms in total. The van der Waals surface area contributed by atoms with Gasteiger partial charge in [0.2, 0.25) is 0 Å². The lowest BCUT2D eigenvalue weighted by atomic mass is 10.0. The first-order valence-electron chi connectivity index (χ1n) is 4.68. The summed E-state index contributed by atoms with van der Waals surface area (Å²) in [4.78, 5) is 12.3. The second kappa shape index (κ2) is 4.79. The van der Waals surface area contributed by atoms with Crippen molar-refractivity contribution >= 4 is 11.7 Å². The topological polar surface area (TPSA) is 60.8 Å². The molecule has 0 spiro atoms. The molecule has 1 rings (SSSR count). The summed E-state index contributed by atoms with van der Waals surface area (Å²) in [6, 6.07) is 7.23. The van der Waals surface area contributed by atoms with Gasteiger partial charge in [0.25, 0.3) is 0 Å². The van der Waals surface area contributed by atoms with Crippen molar-refractivity contribution in [2.24, 2.45) is 0 Å². The van der Waals surface area contributed by atoms with Gasteiger partial charge in [-0.3, -0.25) is 4.79 Å². The van der Waals surface area contributed by atoms with E-state index >= 15 is 0 Å². The first kappa shape index (κ1) is 11.5. The highest BCUT2D eigenvalue weighted by Crippen LogP contribution is 2.26. The minimum atomic E-state index is -1.00. The van der Waals surface area contributed by atoms with Crippen LogP contribution in [-0.2, 0) is 4.79 Å². The van der Waals surface area contributed by atoms with Crippen molar-refractivity contribution in [2.45, 2.75) is 12.5 Å². The molecule has 0 unspecified atom stereocenters. The Labute approximate surface area is 88.8 Å². The van der Waals surface area contributed by atoms with Crippen molar-refractivity contribution in [2.75, 3.05) is 19.0 Å². The van der Waals surface area contributed by atoms with Crippen LogP contribution in [0.5, 0.6) is 0 Å². The summed E-state index contributed by atoms with van der Waals surface area (Å²) in [6.07, 6.45) is -1.23. The SMILES string of the molecule is CN(C)c1ccccc1[C@H](O)CC(=O)O. The number of para-hydroxylation sites is 1. The molecule has 82 valence electrons. The summed E-state index contributed by atoms with van der Waals surface area (Å²) in [5.41, 5.74) is 1.48. The number of nitrogens with zero attached hydrogens (tertiary/aromatic N) is 1. The molecule has 0 saturated carbocycles. The van der Waals surface area contributed by atoms with E-state index in [1.54, 1.807) is 12.1 Å². The maximum atomic E-state index is 10.5. The molecule has 15 heavy (non-hydrogen) atoms. The number of aliphatic hydroxyl groups excluding tert-OH is 1. The Bertz CT molecular complexity index is 349. The highest BCUT2D eigenvalue weighted by molar-refractivity contribution is 5.68. The highest BCUT2D eigenvalue weighted by atomic mass is 16.4. The van der Waals surface area contributed by atoms with E-state index in [2.05, 4.69) is 0 Å². The second-order valence-corrected chi connectivity index (χ2v) is 3.57. The van der Waals surface area contributed by atoms with Gasteiger partial charge in [-0.1, -0.05) is 18.2 Å². The predicted octanol–water partition coefficient (Wildman–Crippen LogP) is 1.26. The fourth-order valence-electron chi connectivity index (χ4n) is 1.45. The number of benzene rings is 1. The minimum absolute atomic E-state index is 0.273. The van der Waals surface area contributed by atoms with Crippen LogP contribution in [0.4, 0.5) is 5.69 Å². The van der Waals surface area contributed by atoms with Gasteiger partial charge in [0.15, 0.2) is 0 Å². The molecule has 0 saturated heterocycles. The van der Waals surface area contributed by atoms with Gasteiger partial charge in [0.1, 0.15) is 0 Å². The van der Waals surface area contributed by atoms with Crippen LogP contribution in [0.3, 0.4) is 0 Å². The van der Waals surface area contributed by atoms with E-state index in [0.717, 1.165) is 5.69 Å². The van der Waals surface area contributed by atoms with Crippen LogP contribution in [0.25, 0.3) is 0 Å². The highest BCUT2D eigenvalue weighted by Gasteiger charge is 2.15. The van der Waals surface area contributed by atoms with Crippen molar-refractivity contribution in [3.05, 3.63) is 29.8 Å². The van der Waals surface area contributed by atoms with E-state index in [-0.39, 0.29) is 6.42 Å². The molecule has 0 heterocycles. The van der Waals surface area contributed by atoms with Crippen molar-refractivity contribution in [3.8, 4) is 0 Å². The van der Waals surface area contributed by atoms with Gasteiger partial charge in [-0.2, -0.15) is 0 Å². The summed E-state index contributed by atoms with van der Waals surface area (Å²) >= 11 is 0. The zero-order valence-electron chi connectivity index (χ0n) is 8.84. The van der Waals surface area contributed by atoms with E-state index in [1.165, 1.54) is 0 Å². The van der Waals surface area contributed by atoms with Gasteiger partial charge in [-0.05, 0) is 6.07 Å². The summed E-state index contributed by atoms with van der Waals surface area (Å²) < 4.78 is 0. The predicted molar refractivity (Wildman–Crippen MR) is 58.0 cm³/mol. The van der Waals surface area contributed by atoms with Crippen molar-refractivity contribution in [1.29, 1.82) is 0 Å². The Balaban J connectivity index is 2.97. The maximum Gasteiger partial charge on any atom is 0.306 e. The maximum absolute atomic E-state index is 10.5. The number of rotatable bonds is 4. The lowest BCUT2D eigenvalue weighted by molar-refractivity contribution is -0.139. The van der Waals surface area contributed by atoms with E-state index in [0.29, 0.717) is 5.56 Å². The van der Waals surface area contributed by atoms with Gasteiger partial charge in [0.05, 0.1) is 12.5 Å². The zero-order chi connectivity index (χ0) is 11.4. The number of carboxylic acid groups (broad SMARTS) is 1. The van der Waals surface area contributed by atoms with Crippen molar-refractivity contribution in [1.82, 2.24) is 0 Å². The van der Waals surface area contributed by atoms with Crippen LogP contribution >= 0.6 is 0 Å². The smallest absolute Gasteiger partial charge is 0.306 e. The summed E-state index contributed by atoms with van der Waals surface area (Å²) in [7, 11) is 3.71. The second-order valence-electron chi connectivity index (χ2n) is 3.57. The van der Waals surface area contributed by atoms with Crippen molar-refractivity contribution in [3.63, 3.8) is 0 Å². The molecular formula is C11H15NO3. The molecule has 0 aliphatic carbocycles. The number of carboxylic acids is 1. The monoisotopic (exact) mass is 209 g/mol. The van der Waals surface area contributed by atoms with Crippen LogP contribution in [0.1, 0.15) is 18.1 Å². The van der Waals surface area contributed by atoms with E-state index in [1.807, 2.05) is 31.1 Å². The largest absolute Gasteiger partial charge is 0.481 e. The average Bonchev–Trinajstić information content (AvgIpc) is 2.16. The quantitative estimate of drug-likeness (QED) is 0.783. The van der Waals surface area contributed by atoms with Gasteiger partial charge < -0.3 is 15.1 Å². The van der Waals surface area contributed by atoms with Gasteiger partial charge in [-0.25, -0.2) is 0 Å². The first-order valence-corrected chi connectivity index (χ1v) is 4.68. The Morgan fingerprint density at radius 3 is 2.53 bits per heavy atom. The molecular weight excluding hydrogens is 194 g/mol. The molecule has 4 heteroatoms. The third-order valence-electron chi connectivity index (χ3n) is 2.15. The zero-order valence-corrected chi connectivity index (χ0v) is 8.84. The molecule has 1 aromatic rings. The number of hydrogen-bond acceptors (Lipinski definition) is 3. The van der Waals surface area contributed by atoms with Crippen LogP contribution in [0.2, 0.25) is 0 Å². The minimum Gasteiger partial charge on any atom is -0.481 e. The molecule has 0 bridgehead atoms. The fraction of sp³-hybridized carbons (Fsp3) is 0.364. The number of carbonyl (C=O) groups is 1. The van der Waals surface area contributed by atoms with E-state index < -0.39 is 12.1 Å². The van der Waals surface area contributed by atoms with Gasteiger partial charge >= 0.3 is 5.97 Å². The lowest BCUT2D eigenvalue weighted by Gasteiger charge is -2.19. The third-order valence-corrected chi connectivity index (χ3v) is 2.15. The van der Waals surface area contributed by atoms with Crippen molar-refractivity contribution < 1.29 is 15.0 Å². The average molecular weight is 209 g/mol. The van der Waals surface area contributed by atoms with Gasteiger partial charge in [-0.15, -0.1) is 0 Å². The fourth-order valence-corrected chi connectivity index (χ4v) is 1.45. The Morgan fingerprint density at radius 2 is 2.00 bits per heavy atom. The molecule has 0 aromatic heterocycles. The van der Waals surface area contributed by atoms with Crippen LogP contribution in [0, 0.1) is 0 Å². The summed E-state index contributed by atoms with van der Waals surface area (Å²) in [5.74, 6) is -1.00. The lowest BCUT2D eigenvalue weighted by Crippen LogP contribution is -2.14. The molecule has 0 fully saturated rings. The molecule has 0 aliphatic rings. The number of aliphatic hydroxyl groups is 1. The van der Waals surface area contributed by atoms with Crippen LogP contribution in [-0.4, -0.2) is 30.3 Å². The Hall–Kier alpha value is -1.55. The third kappa shape index (κ3) is 2.95. The molecule has 0 aliphatic heterocycles. The first-order chi connectivity index (χ1) is 7.02.